The van der Waals surface area contributed by atoms with Gasteiger partial charge in [0, 0.05) is 0 Å². The van der Waals surface area contributed by atoms with E-state index in [4.69, 9.17) is 5.11 Å². The highest BCUT2D eigenvalue weighted by molar-refractivity contribution is 5.95. The molecular weight excluding hydrogens is 320 g/mol. The summed E-state index contributed by atoms with van der Waals surface area (Å²) in [6, 6.07) is 0. The summed E-state index contributed by atoms with van der Waals surface area (Å²) in [6.07, 6.45) is 4.68. The topological polar surface area (TPSA) is 94.8 Å². The molecule has 5 atom stereocenters. The molecular formula is C20H32O5. The number of rotatable bonds is 6. The lowest BCUT2D eigenvalue weighted by atomic mass is 9.44. The summed E-state index contributed by atoms with van der Waals surface area (Å²) >= 11 is 0. The number of hydrogen-bond acceptors (Lipinski definition) is 4. The summed E-state index contributed by atoms with van der Waals surface area (Å²) in [5.41, 5.74) is -1.55. The van der Waals surface area contributed by atoms with Gasteiger partial charge >= 0.3 is 5.97 Å². The normalized spacial score (nSPS) is 41.0. The first kappa shape index (κ1) is 20.1. The lowest BCUT2D eigenvalue weighted by Gasteiger charge is -2.60. The number of carbonyl (C=O) groups is 2. The van der Waals surface area contributed by atoms with Crippen LogP contribution >= 0.6 is 0 Å². The van der Waals surface area contributed by atoms with Gasteiger partial charge in [-0.3, -0.25) is 9.59 Å². The summed E-state index contributed by atoms with van der Waals surface area (Å²) in [7, 11) is 0. The maximum Gasteiger partial charge on any atom is 0.309 e. The first-order chi connectivity index (χ1) is 11.5. The largest absolute Gasteiger partial charge is 0.481 e. The summed E-state index contributed by atoms with van der Waals surface area (Å²) < 4.78 is 0. The van der Waals surface area contributed by atoms with E-state index in [-0.39, 0.29) is 23.0 Å². The molecule has 0 aromatic carbocycles. The Kier molecular flexibility index (Phi) is 5.50. The number of hydrogen-bond donors (Lipinski definition) is 3. The lowest BCUT2D eigenvalue weighted by Crippen LogP contribution is -2.59. The van der Waals surface area contributed by atoms with E-state index in [1.807, 2.05) is 13.8 Å². The molecule has 0 unspecified atom stereocenters. The predicted molar refractivity (Wildman–Crippen MR) is 95.0 cm³/mol. The van der Waals surface area contributed by atoms with E-state index in [0.717, 1.165) is 12.8 Å². The molecule has 0 heterocycles. The van der Waals surface area contributed by atoms with Crippen LogP contribution in [0.15, 0.2) is 12.2 Å². The molecule has 3 N–H and O–H groups in total. The molecule has 5 heteroatoms. The molecule has 0 saturated heterocycles. The number of aliphatic carboxylic acids is 1. The Balaban J connectivity index is 2.30. The van der Waals surface area contributed by atoms with Gasteiger partial charge in [-0.25, -0.2) is 0 Å². The molecule has 25 heavy (non-hydrogen) atoms. The Morgan fingerprint density at radius 2 is 1.80 bits per heavy atom. The van der Waals surface area contributed by atoms with Gasteiger partial charge in [-0.15, -0.1) is 0 Å². The van der Waals surface area contributed by atoms with Crippen molar-refractivity contribution < 1.29 is 24.9 Å². The van der Waals surface area contributed by atoms with E-state index in [2.05, 4.69) is 13.5 Å². The number of Topliss-reactive ketones (excluding diaryl/α,β-unsaturated/α-hetero) is 1. The molecule has 2 rings (SSSR count). The van der Waals surface area contributed by atoms with Crippen molar-refractivity contribution in [1.29, 1.82) is 0 Å². The van der Waals surface area contributed by atoms with Gasteiger partial charge in [0.15, 0.2) is 5.78 Å². The number of ketones is 1. The summed E-state index contributed by atoms with van der Waals surface area (Å²) in [6.45, 7) is 9.01. The molecule has 2 aliphatic rings. The van der Waals surface area contributed by atoms with Crippen LogP contribution in [0.25, 0.3) is 0 Å². The molecule has 2 saturated carbocycles. The third-order valence-electron chi connectivity index (χ3n) is 7.22. The fourth-order valence-electron chi connectivity index (χ4n) is 5.77. The third kappa shape index (κ3) is 3.41. The SMILES string of the molecule is C=C(CC[C@@H]1[C@@]2(C)CCC[C@](C)(C(=O)O)[C@@H]2CC[C@@]1(C)O)C(=O)CO. The second-order valence-electron chi connectivity index (χ2n) is 8.81. The highest BCUT2D eigenvalue weighted by Crippen LogP contribution is 2.63. The van der Waals surface area contributed by atoms with E-state index < -0.39 is 23.6 Å². The second kappa shape index (κ2) is 6.84. The van der Waals surface area contributed by atoms with Crippen LogP contribution < -0.4 is 0 Å². The number of carbonyl (C=O) groups excluding carboxylic acids is 1. The lowest BCUT2D eigenvalue weighted by molar-refractivity contribution is -0.190. The van der Waals surface area contributed by atoms with Crippen LogP contribution in [0.1, 0.15) is 65.7 Å². The molecule has 0 bridgehead atoms. The standard InChI is InChI=1S/C20H32O5/c1-13(14(22)12-21)6-7-16-18(2)9-5-10-19(3,17(23)24)15(18)8-11-20(16,4)25/h15-16,21,25H,1,5-12H2,2-4H3,(H,23,24)/t15-,16-,18+,19+,20-/m1/s1. The van der Waals surface area contributed by atoms with Gasteiger partial charge in [-0.2, -0.15) is 0 Å². The molecule has 0 amide bonds. The average molecular weight is 352 g/mol. The van der Waals surface area contributed by atoms with E-state index in [0.29, 0.717) is 37.7 Å². The fraction of sp³-hybridized carbons (Fsp3) is 0.800. The Morgan fingerprint density at radius 1 is 1.16 bits per heavy atom. The minimum Gasteiger partial charge on any atom is -0.481 e. The van der Waals surface area contributed by atoms with E-state index in [1.165, 1.54) is 0 Å². The molecule has 5 nitrogen and oxygen atoms in total. The smallest absolute Gasteiger partial charge is 0.309 e. The summed E-state index contributed by atoms with van der Waals surface area (Å²) in [5.74, 6) is -1.20. The third-order valence-corrected chi connectivity index (χ3v) is 7.22. The van der Waals surface area contributed by atoms with Crippen molar-refractivity contribution in [2.45, 2.75) is 71.3 Å². The van der Waals surface area contributed by atoms with E-state index >= 15 is 0 Å². The fourth-order valence-corrected chi connectivity index (χ4v) is 5.77. The molecule has 0 radical (unpaired) electrons. The Bertz CT molecular complexity index is 566. The van der Waals surface area contributed by atoms with Crippen molar-refractivity contribution in [1.82, 2.24) is 0 Å². The van der Waals surface area contributed by atoms with Crippen LogP contribution in [0.5, 0.6) is 0 Å². The van der Waals surface area contributed by atoms with Gasteiger partial charge < -0.3 is 15.3 Å². The van der Waals surface area contributed by atoms with Crippen LogP contribution in [0.2, 0.25) is 0 Å². The highest BCUT2D eigenvalue weighted by Gasteiger charge is 2.61. The van der Waals surface area contributed by atoms with Crippen molar-refractivity contribution in [2.75, 3.05) is 6.61 Å². The van der Waals surface area contributed by atoms with E-state index in [1.54, 1.807) is 0 Å². The number of carboxylic acid groups (broad SMARTS) is 1. The minimum absolute atomic E-state index is 0.0123. The van der Waals surface area contributed by atoms with Crippen LogP contribution in [-0.4, -0.2) is 39.3 Å². The zero-order valence-electron chi connectivity index (χ0n) is 15.7. The van der Waals surface area contributed by atoms with Crippen molar-refractivity contribution in [3.05, 3.63) is 12.2 Å². The highest BCUT2D eigenvalue weighted by atomic mass is 16.4. The van der Waals surface area contributed by atoms with Gasteiger partial charge in [-0.05, 0) is 75.2 Å². The Morgan fingerprint density at radius 3 is 2.36 bits per heavy atom. The molecule has 142 valence electrons. The van der Waals surface area contributed by atoms with Crippen molar-refractivity contribution in [3.8, 4) is 0 Å². The van der Waals surface area contributed by atoms with Crippen molar-refractivity contribution >= 4 is 11.8 Å². The van der Waals surface area contributed by atoms with Crippen molar-refractivity contribution in [2.24, 2.45) is 22.7 Å². The zero-order valence-corrected chi connectivity index (χ0v) is 15.7. The summed E-state index contributed by atoms with van der Waals surface area (Å²) in [5, 5.41) is 29.9. The molecule has 0 aliphatic heterocycles. The number of carboxylic acids is 1. The van der Waals surface area contributed by atoms with Gasteiger partial charge in [0.2, 0.25) is 0 Å². The maximum atomic E-state index is 12.0. The minimum atomic E-state index is -0.884. The molecule has 0 aromatic rings. The van der Waals surface area contributed by atoms with Gasteiger partial charge in [0.1, 0.15) is 6.61 Å². The second-order valence-corrected chi connectivity index (χ2v) is 8.81. The number of fused-ring (bicyclic) bond motifs is 1. The molecule has 2 aliphatic carbocycles. The Labute approximate surface area is 150 Å². The zero-order chi connectivity index (χ0) is 19.0. The van der Waals surface area contributed by atoms with Crippen LogP contribution in [0, 0.1) is 22.7 Å². The van der Waals surface area contributed by atoms with Gasteiger partial charge in [0.25, 0.3) is 0 Å². The first-order valence-corrected chi connectivity index (χ1v) is 9.26. The van der Waals surface area contributed by atoms with Gasteiger partial charge in [0.05, 0.1) is 11.0 Å². The quantitative estimate of drug-likeness (QED) is 0.639. The molecule has 2 fully saturated rings. The predicted octanol–water partition coefficient (Wildman–Crippen LogP) is 2.94. The molecule has 0 spiro atoms. The van der Waals surface area contributed by atoms with Crippen LogP contribution in [0.4, 0.5) is 0 Å². The Hall–Kier alpha value is -1.20. The first-order valence-electron chi connectivity index (χ1n) is 9.26. The van der Waals surface area contributed by atoms with Crippen molar-refractivity contribution in [3.63, 3.8) is 0 Å². The number of aliphatic hydroxyl groups excluding tert-OH is 1. The monoisotopic (exact) mass is 352 g/mol. The van der Waals surface area contributed by atoms with Crippen LogP contribution in [0.3, 0.4) is 0 Å². The maximum absolute atomic E-state index is 12.0. The van der Waals surface area contributed by atoms with Crippen LogP contribution in [-0.2, 0) is 9.59 Å². The van der Waals surface area contributed by atoms with E-state index in [9.17, 15) is 19.8 Å². The summed E-state index contributed by atoms with van der Waals surface area (Å²) in [4.78, 5) is 23.6. The number of aliphatic hydroxyl groups is 2. The average Bonchev–Trinajstić information content (AvgIpc) is 2.52. The van der Waals surface area contributed by atoms with Gasteiger partial charge in [-0.1, -0.05) is 19.9 Å². The molecule has 0 aromatic heterocycles.